The van der Waals surface area contributed by atoms with Gasteiger partial charge in [-0.15, -0.1) is 0 Å². The van der Waals surface area contributed by atoms with Crippen LogP contribution in [0.1, 0.15) is 24.1 Å². The maximum atomic E-state index is 12.3. The second kappa shape index (κ2) is 7.59. The Bertz CT molecular complexity index is 804. The van der Waals surface area contributed by atoms with E-state index < -0.39 is 16.1 Å². The lowest BCUT2D eigenvalue weighted by Crippen LogP contribution is -2.39. The molecule has 0 aliphatic rings. The number of rotatable bonds is 6. The van der Waals surface area contributed by atoms with E-state index >= 15 is 0 Å². The molecule has 1 N–H and O–H groups in total. The summed E-state index contributed by atoms with van der Waals surface area (Å²) in [6, 6.07) is 16.2. The van der Waals surface area contributed by atoms with Crippen LogP contribution in [0.25, 0.3) is 0 Å². The van der Waals surface area contributed by atoms with E-state index in [-0.39, 0.29) is 12.5 Å². The highest BCUT2D eigenvalue weighted by Crippen LogP contribution is 2.22. The summed E-state index contributed by atoms with van der Waals surface area (Å²) in [7, 11) is -3.54. The zero-order valence-electron chi connectivity index (χ0n) is 14.1. The van der Waals surface area contributed by atoms with E-state index in [1.54, 1.807) is 13.0 Å². The van der Waals surface area contributed by atoms with Crippen molar-refractivity contribution in [1.82, 2.24) is 4.31 Å². The molecule has 0 spiro atoms. The molecule has 128 valence electrons. The number of benzene rings is 2. The number of sulfonamides is 1. The molecule has 0 fully saturated rings. The van der Waals surface area contributed by atoms with Gasteiger partial charge in [0, 0.05) is 11.7 Å². The van der Waals surface area contributed by atoms with E-state index in [2.05, 4.69) is 5.32 Å². The minimum absolute atomic E-state index is 0.233. The summed E-state index contributed by atoms with van der Waals surface area (Å²) in [5.74, 6) is -0.367. The number of aryl methyl sites for hydroxylation is 1. The summed E-state index contributed by atoms with van der Waals surface area (Å²) in [6.07, 6.45) is 1.12. The van der Waals surface area contributed by atoms with Crippen LogP contribution < -0.4 is 5.32 Å². The Morgan fingerprint density at radius 3 is 2.38 bits per heavy atom. The first kappa shape index (κ1) is 18.2. The Morgan fingerprint density at radius 2 is 1.79 bits per heavy atom. The van der Waals surface area contributed by atoms with Crippen molar-refractivity contribution in [2.45, 2.75) is 19.9 Å². The predicted molar refractivity (Wildman–Crippen MR) is 96.2 cm³/mol. The van der Waals surface area contributed by atoms with Crippen LogP contribution in [-0.2, 0) is 14.8 Å². The predicted octanol–water partition coefficient (Wildman–Crippen LogP) is 2.96. The van der Waals surface area contributed by atoms with Crippen molar-refractivity contribution < 1.29 is 13.2 Å². The van der Waals surface area contributed by atoms with Gasteiger partial charge in [0.05, 0.1) is 12.8 Å². The third-order valence-corrected chi connectivity index (χ3v) is 5.04. The quantitative estimate of drug-likeness (QED) is 0.874. The second-order valence-corrected chi connectivity index (χ2v) is 7.75. The molecule has 0 aromatic heterocycles. The molecule has 0 aliphatic heterocycles. The van der Waals surface area contributed by atoms with Crippen molar-refractivity contribution in [1.29, 1.82) is 0 Å². The highest BCUT2D eigenvalue weighted by molar-refractivity contribution is 7.88. The highest BCUT2D eigenvalue weighted by Gasteiger charge is 2.26. The Labute approximate surface area is 143 Å². The molecule has 1 atom stereocenters. The topological polar surface area (TPSA) is 66.5 Å². The van der Waals surface area contributed by atoms with Crippen molar-refractivity contribution in [3.05, 3.63) is 65.7 Å². The van der Waals surface area contributed by atoms with Crippen LogP contribution in [0.3, 0.4) is 0 Å². The van der Waals surface area contributed by atoms with E-state index in [1.165, 1.54) is 4.31 Å². The van der Waals surface area contributed by atoms with Crippen LogP contribution in [0.4, 0.5) is 5.69 Å². The third-order valence-electron chi connectivity index (χ3n) is 3.74. The number of hydrogen-bond acceptors (Lipinski definition) is 3. The summed E-state index contributed by atoms with van der Waals surface area (Å²) in [6.45, 7) is 3.47. The van der Waals surface area contributed by atoms with Crippen LogP contribution in [0.5, 0.6) is 0 Å². The first-order valence-electron chi connectivity index (χ1n) is 7.65. The maximum Gasteiger partial charge on any atom is 0.239 e. The first-order valence-corrected chi connectivity index (χ1v) is 9.50. The lowest BCUT2D eigenvalue weighted by atomic mass is 10.1. The number of hydrogen-bond donors (Lipinski definition) is 1. The number of carbonyl (C=O) groups excluding carboxylic acids is 1. The van der Waals surface area contributed by atoms with Crippen LogP contribution in [0.15, 0.2) is 54.6 Å². The number of amides is 1. The van der Waals surface area contributed by atoms with Crippen LogP contribution in [0, 0.1) is 6.92 Å². The fraction of sp³-hybridized carbons (Fsp3) is 0.278. The van der Waals surface area contributed by atoms with Crippen LogP contribution in [0.2, 0.25) is 0 Å². The number of nitrogens with one attached hydrogen (secondary N) is 1. The summed E-state index contributed by atoms with van der Waals surface area (Å²) in [4.78, 5) is 12.3. The van der Waals surface area contributed by atoms with Gasteiger partial charge in [0.2, 0.25) is 15.9 Å². The molecule has 5 nitrogen and oxygen atoms in total. The summed E-state index contributed by atoms with van der Waals surface area (Å²) in [5.41, 5.74) is 2.51. The molecular formula is C18H22N2O3S. The van der Waals surface area contributed by atoms with Gasteiger partial charge in [-0.25, -0.2) is 8.42 Å². The molecular weight excluding hydrogens is 324 g/mol. The molecule has 0 bridgehead atoms. The lowest BCUT2D eigenvalue weighted by Gasteiger charge is -2.26. The van der Waals surface area contributed by atoms with E-state index in [0.29, 0.717) is 5.69 Å². The lowest BCUT2D eigenvalue weighted by molar-refractivity contribution is -0.116. The standard InChI is InChI=1S/C18H22N2O3S/c1-14-8-7-11-17(12-14)19-18(21)13-20(24(3,22)23)15(2)16-9-5-4-6-10-16/h4-12,15H,13H2,1-3H3,(H,19,21). The van der Waals surface area contributed by atoms with Gasteiger partial charge >= 0.3 is 0 Å². The summed E-state index contributed by atoms with van der Waals surface area (Å²) >= 11 is 0. The van der Waals surface area contributed by atoms with Gasteiger partial charge in [-0.3, -0.25) is 4.79 Å². The average molecular weight is 346 g/mol. The van der Waals surface area contributed by atoms with E-state index in [0.717, 1.165) is 17.4 Å². The second-order valence-electron chi connectivity index (χ2n) is 5.81. The minimum Gasteiger partial charge on any atom is -0.325 e. The third kappa shape index (κ3) is 4.91. The molecule has 0 aliphatic carbocycles. The minimum atomic E-state index is -3.54. The van der Waals surface area contributed by atoms with Gasteiger partial charge in [0.1, 0.15) is 0 Å². The van der Waals surface area contributed by atoms with Gasteiger partial charge in [-0.2, -0.15) is 4.31 Å². The van der Waals surface area contributed by atoms with Crippen molar-refractivity contribution in [2.75, 3.05) is 18.1 Å². The number of carbonyl (C=O) groups is 1. The number of nitrogens with zero attached hydrogens (tertiary/aromatic N) is 1. The van der Waals surface area contributed by atoms with Crippen molar-refractivity contribution in [3.63, 3.8) is 0 Å². The van der Waals surface area contributed by atoms with Gasteiger partial charge < -0.3 is 5.32 Å². The normalized spacial score (nSPS) is 12.8. The molecule has 6 heteroatoms. The largest absolute Gasteiger partial charge is 0.325 e. The summed E-state index contributed by atoms with van der Waals surface area (Å²) < 4.78 is 25.5. The Morgan fingerprint density at radius 1 is 1.12 bits per heavy atom. The Hall–Kier alpha value is -2.18. The van der Waals surface area contributed by atoms with Crippen molar-refractivity contribution in [3.8, 4) is 0 Å². The molecule has 0 radical (unpaired) electrons. The highest BCUT2D eigenvalue weighted by atomic mass is 32.2. The molecule has 2 aromatic rings. The van der Waals surface area contributed by atoms with Gasteiger partial charge in [-0.1, -0.05) is 42.5 Å². The molecule has 1 unspecified atom stereocenters. The Kier molecular flexibility index (Phi) is 5.75. The first-order chi connectivity index (χ1) is 11.3. The smallest absolute Gasteiger partial charge is 0.239 e. The Balaban J connectivity index is 2.16. The molecule has 1 amide bonds. The van der Waals surface area contributed by atoms with Gasteiger partial charge in [-0.05, 0) is 37.1 Å². The van der Waals surface area contributed by atoms with Crippen LogP contribution >= 0.6 is 0 Å². The molecule has 0 heterocycles. The monoisotopic (exact) mass is 346 g/mol. The van der Waals surface area contributed by atoms with E-state index in [4.69, 9.17) is 0 Å². The maximum absolute atomic E-state index is 12.3. The van der Waals surface area contributed by atoms with Crippen molar-refractivity contribution >= 4 is 21.6 Å². The molecule has 0 saturated carbocycles. The molecule has 2 aromatic carbocycles. The van der Waals surface area contributed by atoms with E-state index in [1.807, 2.05) is 55.5 Å². The van der Waals surface area contributed by atoms with Gasteiger partial charge in [0.25, 0.3) is 0 Å². The van der Waals surface area contributed by atoms with E-state index in [9.17, 15) is 13.2 Å². The number of anilines is 1. The fourth-order valence-corrected chi connectivity index (χ4v) is 3.55. The van der Waals surface area contributed by atoms with Crippen LogP contribution in [-0.4, -0.2) is 31.4 Å². The zero-order valence-corrected chi connectivity index (χ0v) is 14.9. The average Bonchev–Trinajstić information content (AvgIpc) is 2.52. The van der Waals surface area contributed by atoms with Gasteiger partial charge in [0.15, 0.2) is 0 Å². The molecule has 2 rings (SSSR count). The zero-order chi connectivity index (χ0) is 17.7. The fourth-order valence-electron chi connectivity index (χ4n) is 2.50. The molecule has 0 saturated heterocycles. The van der Waals surface area contributed by atoms with Crippen molar-refractivity contribution in [2.24, 2.45) is 0 Å². The summed E-state index contributed by atoms with van der Waals surface area (Å²) in [5, 5.41) is 2.75. The molecule has 24 heavy (non-hydrogen) atoms. The SMILES string of the molecule is Cc1cccc(NC(=O)CN(C(C)c2ccccc2)S(C)(=O)=O)c1.